The van der Waals surface area contributed by atoms with Gasteiger partial charge in [-0.25, -0.2) is 0 Å². The van der Waals surface area contributed by atoms with Crippen LogP contribution < -0.4 is 10.6 Å². The third kappa shape index (κ3) is 2.81. The molecule has 0 saturated carbocycles. The Bertz CT molecular complexity index is 482. The Morgan fingerprint density at radius 1 is 1.29 bits per heavy atom. The summed E-state index contributed by atoms with van der Waals surface area (Å²) in [6, 6.07) is 7.83. The van der Waals surface area contributed by atoms with Crippen LogP contribution in [0.2, 0.25) is 5.02 Å². The van der Waals surface area contributed by atoms with E-state index in [4.69, 9.17) is 21.8 Å². The van der Waals surface area contributed by atoms with Crippen molar-refractivity contribution in [3.8, 4) is 0 Å². The predicted octanol–water partition coefficient (Wildman–Crippen LogP) is 3.03. The summed E-state index contributed by atoms with van der Waals surface area (Å²) < 4.78 is 5.04. The Morgan fingerprint density at radius 3 is 2.71 bits per heavy atom. The number of hydrogen-bond donors (Lipinski definition) is 1. The van der Waals surface area contributed by atoms with E-state index >= 15 is 0 Å². The molecule has 3 nitrogen and oxygen atoms in total. The van der Waals surface area contributed by atoms with Gasteiger partial charge in [-0.1, -0.05) is 17.7 Å². The molecule has 0 aliphatic heterocycles. The van der Waals surface area contributed by atoms with E-state index in [0.29, 0.717) is 6.54 Å². The highest BCUT2D eigenvalue weighted by atomic mass is 35.5. The maximum atomic E-state index is 6.22. The maximum Gasteiger partial charge on any atom is 0.0952 e. The molecule has 2 N–H and O–H groups in total. The van der Waals surface area contributed by atoms with Gasteiger partial charge in [-0.15, -0.1) is 0 Å². The zero-order valence-corrected chi connectivity index (χ0v) is 10.4. The second kappa shape index (κ2) is 5.25. The fraction of sp³-hybridized carbons (Fsp3) is 0.231. The molecule has 0 aliphatic carbocycles. The van der Waals surface area contributed by atoms with Gasteiger partial charge in [0.25, 0.3) is 0 Å². The number of halogens is 1. The van der Waals surface area contributed by atoms with Gasteiger partial charge in [0.15, 0.2) is 0 Å². The quantitative estimate of drug-likeness (QED) is 0.907. The molecule has 0 fully saturated rings. The summed E-state index contributed by atoms with van der Waals surface area (Å²) in [5.74, 6) is 0. The molecule has 4 heteroatoms. The molecule has 0 bridgehead atoms. The molecule has 17 heavy (non-hydrogen) atoms. The van der Waals surface area contributed by atoms with Crippen LogP contribution in [0.25, 0.3) is 0 Å². The summed E-state index contributed by atoms with van der Waals surface area (Å²) in [5.41, 5.74) is 8.72. The standard InChI is InChI=1S/C13H15ClN2O/c1-16(8-11-4-5-17-9-11)13-3-2-10(7-15)6-12(13)14/h2-6,9H,7-8,15H2,1H3. The second-order valence-electron chi connectivity index (χ2n) is 3.98. The molecule has 0 spiro atoms. The molecule has 1 aromatic carbocycles. The third-order valence-corrected chi connectivity index (χ3v) is 2.96. The van der Waals surface area contributed by atoms with E-state index < -0.39 is 0 Å². The van der Waals surface area contributed by atoms with Gasteiger partial charge in [0, 0.05) is 25.7 Å². The monoisotopic (exact) mass is 250 g/mol. The normalized spacial score (nSPS) is 10.5. The lowest BCUT2D eigenvalue weighted by molar-refractivity contribution is 0.563. The first-order valence-corrected chi connectivity index (χ1v) is 5.79. The Morgan fingerprint density at radius 2 is 2.12 bits per heavy atom. The summed E-state index contributed by atoms with van der Waals surface area (Å²) in [7, 11) is 2.00. The zero-order valence-electron chi connectivity index (χ0n) is 9.69. The molecule has 0 saturated heterocycles. The second-order valence-corrected chi connectivity index (χ2v) is 4.38. The van der Waals surface area contributed by atoms with E-state index in [1.54, 1.807) is 12.5 Å². The first-order chi connectivity index (χ1) is 8.20. The molecular weight excluding hydrogens is 236 g/mol. The van der Waals surface area contributed by atoms with Crippen LogP contribution in [-0.4, -0.2) is 7.05 Å². The predicted molar refractivity (Wildman–Crippen MR) is 70.2 cm³/mol. The molecule has 1 aromatic heterocycles. The number of benzene rings is 1. The smallest absolute Gasteiger partial charge is 0.0952 e. The van der Waals surface area contributed by atoms with Crippen molar-refractivity contribution in [1.29, 1.82) is 0 Å². The van der Waals surface area contributed by atoms with Crippen LogP contribution in [0.4, 0.5) is 5.69 Å². The lowest BCUT2D eigenvalue weighted by Crippen LogP contribution is -2.16. The third-order valence-electron chi connectivity index (χ3n) is 2.66. The first kappa shape index (κ1) is 12.0. The Kier molecular flexibility index (Phi) is 3.71. The average Bonchev–Trinajstić information content (AvgIpc) is 2.81. The van der Waals surface area contributed by atoms with Crippen LogP contribution in [0.15, 0.2) is 41.2 Å². The molecular formula is C13H15ClN2O. The number of furan rings is 1. The highest BCUT2D eigenvalue weighted by Crippen LogP contribution is 2.27. The van der Waals surface area contributed by atoms with Crippen molar-refractivity contribution in [3.05, 3.63) is 52.9 Å². The molecule has 0 unspecified atom stereocenters. The van der Waals surface area contributed by atoms with Crippen LogP contribution in [-0.2, 0) is 13.1 Å². The Labute approximate surface area is 106 Å². The minimum Gasteiger partial charge on any atom is -0.472 e. The Hall–Kier alpha value is -1.45. The van der Waals surface area contributed by atoms with Crippen LogP contribution in [0.3, 0.4) is 0 Å². The molecule has 0 atom stereocenters. The molecule has 0 aliphatic rings. The number of rotatable bonds is 4. The van der Waals surface area contributed by atoms with Gasteiger partial charge in [-0.3, -0.25) is 0 Å². The number of anilines is 1. The van der Waals surface area contributed by atoms with Crippen LogP contribution in [0, 0.1) is 0 Å². The fourth-order valence-electron chi connectivity index (χ4n) is 1.73. The minimum absolute atomic E-state index is 0.505. The average molecular weight is 251 g/mol. The van der Waals surface area contributed by atoms with Gasteiger partial charge in [0.2, 0.25) is 0 Å². The van der Waals surface area contributed by atoms with Crippen molar-refractivity contribution < 1.29 is 4.42 Å². The van der Waals surface area contributed by atoms with Gasteiger partial charge >= 0.3 is 0 Å². The topological polar surface area (TPSA) is 42.4 Å². The number of nitrogens with two attached hydrogens (primary N) is 1. The van der Waals surface area contributed by atoms with Gasteiger partial charge in [0.1, 0.15) is 0 Å². The summed E-state index contributed by atoms with van der Waals surface area (Å²) in [5, 5.41) is 0.721. The van der Waals surface area contributed by atoms with Crippen LogP contribution >= 0.6 is 11.6 Å². The van der Waals surface area contributed by atoms with Crippen molar-refractivity contribution >= 4 is 17.3 Å². The first-order valence-electron chi connectivity index (χ1n) is 5.41. The highest BCUT2D eigenvalue weighted by Gasteiger charge is 2.07. The molecule has 90 valence electrons. The lowest BCUT2D eigenvalue weighted by Gasteiger charge is -2.20. The Balaban J connectivity index is 2.16. The fourth-order valence-corrected chi connectivity index (χ4v) is 2.08. The number of nitrogens with zero attached hydrogens (tertiary/aromatic N) is 1. The summed E-state index contributed by atoms with van der Waals surface area (Å²) in [6.07, 6.45) is 3.40. The van der Waals surface area contributed by atoms with Gasteiger partial charge in [-0.2, -0.15) is 0 Å². The van der Waals surface area contributed by atoms with Crippen molar-refractivity contribution in [2.45, 2.75) is 13.1 Å². The van der Waals surface area contributed by atoms with E-state index in [9.17, 15) is 0 Å². The highest BCUT2D eigenvalue weighted by molar-refractivity contribution is 6.33. The van der Waals surface area contributed by atoms with Crippen molar-refractivity contribution in [1.82, 2.24) is 0 Å². The van der Waals surface area contributed by atoms with Crippen molar-refractivity contribution in [2.24, 2.45) is 5.73 Å². The largest absolute Gasteiger partial charge is 0.472 e. The molecule has 2 aromatic rings. The van der Waals surface area contributed by atoms with E-state index in [1.807, 2.05) is 31.3 Å². The van der Waals surface area contributed by atoms with E-state index in [1.165, 1.54) is 0 Å². The number of hydrogen-bond acceptors (Lipinski definition) is 3. The van der Waals surface area contributed by atoms with E-state index in [0.717, 1.165) is 28.4 Å². The van der Waals surface area contributed by atoms with Crippen molar-refractivity contribution in [2.75, 3.05) is 11.9 Å². The van der Waals surface area contributed by atoms with Gasteiger partial charge in [-0.05, 0) is 23.8 Å². The summed E-state index contributed by atoms with van der Waals surface area (Å²) in [4.78, 5) is 2.08. The van der Waals surface area contributed by atoms with Crippen LogP contribution in [0.5, 0.6) is 0 Å². The molecule has 1 heterocycles. The minimum atomic E-state index is 0.505. The maximum absolute atomic E-state index is 6.22. The van der Waals surface area contributed by atoms with E-state index in [2.05, 4.69) is 4.90 Å². The zero-order chi connectivity index (χ0) is 12.3. The van der Waals surface area contributed by atoms with Gasteiger partial charge in [0.05, 0.1) is 23.2 Å². The summed E-state index contributed by atoms with van der Waals surface area (Å²) >= 11 is 6.22. The molecule has 2 rings (SSSR count). The summed E-state index contributed by atoms with van der Waals surface area (Å²) in [6.45, 7) is 1.27. The van der Waals surface area contributed by atoms with Crippen LogP contribution in [0.1, 0.15) is 11.1 Å². The molecule has 0 radical (unpaired) electrons. The van der Waals surface area contributed by atoms with Gasteiger partial charge < -0.3 is 15.1 Å². The SMILES string of the molecule is CN(Cc1ccoc1)c1ccc(CN)cc1Cl. The lowest BCUT2D eigenvalue weighted by atomic mass is 10.2. The van der Waals surface area contributed by atoms with Crippen molar-refractivity contribution in [3.63, 3.8) is 0 Å². The molecule has 0 amide bonds. The van der Waals surface area contributed by atoms with E-state index in [-0.39, 0.29) is 0 Å².